The Morgan fingerprint density at radius 1 is 0.806 bits per heavy atom. The summed E-state index contributed by atoms with van der Waals surface area (Å²) in [5, 5.41) is 0. The standard InChI is InChI=1S/C23H18N4O4/c28-22(25-26-23(29)16-7-10-20-21(13-16)31-12-11-30-20)15-5-8-17(9-6-15)27-14-24-18-3-1-2-4-19(18)27/h1-10,13-14H,11-12H2,(H,25,28)(H,26,29). The first-order valence-electron chi connectivity index (χ1n) is 9.72. The number of fused-ring (bicyclic) bond motifs is 2. The van der Waals surface area contributed by atoms with Crippen molar-refractivity contribution in [3.63, 3.8) is 0 Å². The minimum Gasteiger partial charge on any atom is -0.486 e. The van der Waals surface area contributed by atoms with E-state index in [0.29, 0.717) is 35.8 Å². The van der Waals surface area contributed by atoms with Crippen molar-refractivity contribution in [2.24, 2.45) is 0 Å². The summed E-state index contributed by atoms with van der Waals surface area (Å²) in [5.41, 5.74) is 8.37. The second-order valence-electron chi connectivity index (χ2n) is 6.92. The van der Waals surface area contributed by atoms with Crippen LogP contribution >= 0.6 is 0 Å². The first-order valence-corrected chi connectivity index (χ1v) is 9.72. The molecule has 2 heterocycles. The molecule has 3 aromatic carbocycles. The lowest BCUT2D eigenvalue weighted by Crippen LogP contribution is -2.41. The molecule has 31 heavy (non-hydrogen) atoms. The van der Waals surface area contributed by atoms with Crippen LogP contribution in [0.2, 0.25) is 0 Å². The van der Waals surface area contributed by atoms with E-state index in [4.69, 9.17) is 9.47 Å². The molecule has 1 aromatic heterocycles. The zero-order valence-corrected chi connectivity index (χ0v) is 16.4. The Hall–Kier alpha value is -4.33. The highest BCUT2D eigenvalue weighted by atomic mass is 16.6. The molecule has 4 aromatic rings. The number of imidazole rings is 1. The molecule has 8 heteroatoms. The highest BCUT2D eigenvalue weighted by Crippen LogP contribution is 2.30. The Labute approximate surface area is 177 Å². The van der Waals surface area contributed by atoms with Gasteiger partial charge in [0.15, 0.2) is 11.5 Å². The van der Waals surface area contributed by atoms with Gasteiger partial charge in [0.05, 0.1) is 11.0 Å². The topological polar surface area (TPSA) is 94.5 Å². The van der Waals surface area contributed by atoms with Gasteiger partial charge in [0.25, 0.3) is 11.8 Å². The van der Waals surface area contributed by atoms with E-state index >= 15 is 0 Å². The largest absolute Gasteiger partial charge is 0.486 e. The summed E-state index contributed by atoms with van der Waals surface area (Å²) in [7, 11) is 0. The first-order chi connectivity index (χ1) is 15.2. The Morgan fingerprint density at radius 2 is 1.48 bits per heavy atom. The summed E-state index contributed by atoms with van der Waals surface area (Å²) in [6.45, 7) is 0.907. The number of hydrazine groups is 1. The molecule has 8 nitrogen and oxygen atoms in total. The van der Waals surface area contributed by atoms with Gasteiger partial charge in [-0.2, -0.15) is 0 Å². The number of ether oxygens (including phenoxy) is 2. The number of carbonyl (C=O) groups is 2. The smallest absolute Gasteiger partial charge is 0.269 e. The molecule has 0 atom stereocenters. The SMILES string of the molecule is O=C(NNC(=O)c1ccc2c(c1)OCCO2)c1ccc(-n2cnc3ccccc32)cc1. The van der Waals surface area contributed by atoms with E-state index < -0.39 is 11.8 Å². The molecule has 1 aliphatic heterocycles. The van der Waals surface area contributed by atoms with Crippen molar-refractivity contribution in [3.8, 4) is 17.2 Å². The van der Waals surface area contributed by atoms with Crippen molar-refractivity contribution in [3.05, 3.63) is 84.2 Å². The number of hydrogen-bond acceptors (Lipinski definition) is 5. The van der Waals surface area contributed by atoms with Crippen molar-refractivity contribution in [2.75, 3.05) is 13.2 Å². The molecule has 0 fully saturated rings. The molecule has 1 aliphatic rings. The summed E-state index contributed by atoms with van der Waals surface area (Å²) in [6, 6.07) is 19.7. The predicted octanol–water partition coefficient (Wildman–Crippen LogP) is 2.87. The van der Waals surface area contributed by atoms with Crippen LogP contribution in [0.5, 0.6) is 11.5 Å². The van der Waals surface area contributed by atoms with E-state index in [1.165, 1.54) is 0 Å². The Kier molecular flexibility index (Phi) is 4.72. The van der Waals surface area contributed by atoms with Crippen molar-refractivity contribution in [1.82, 2.24) is 20.4 Å². The fourth-order valence-corrected chi connectivity index (χ4v) is 3.38. The molecule has 154 valence electrons. The van der Waals surface area contributed by atoms with E-state index in [-0.39, 0.29) is 0 Å². The molecule has 0 spiro atoms. The van der Waals surface area contributed by atoms with Crippen LogP contribution in [0.15, 0.2) is 73.1 Å². The van der Waals surface area contributed by atoms with Crippen LogP contribution in [0.25, 0.3) is 16.7 Å². The lowest BCUT2D eigenvalue weighted by Gasteiger charge is -2.18. The molecule has 0 radical (unpaired) electrons. The average Bonchev–Trinajstić information content (AvgIpc) is 3.26. The molecule has 0 saturated carbocycles. The number of rotatable bonds is 3. The number of aromatic nitrogens is 2. The zero-order chi connectivity index (χ0) is 21.2. The molecule has 0 aliphatic carbocycles. The summed E-state index contributed by atoms with van der Waals surface area (Å²) in [6.07, 6.45) is 1.74. The Morgan fingerprint density at radius 3 is 2.29 bits per heavy atom. The quantitative estimate of drug-likeness (QED) is 0.503. The molecule has 0 bridgehead atoms. The van der Waals surface area contributed by atoms with Gasteiger partial charge in [-0.25, -0.2) is 4.98 Å². The maximum atomic E-state index is 12.4. The maximum absolute atomic E-state index is 12.4. The van der Waals surface area contributed by atoms with Gasteiger partial charge in [-0.15, -0.1) is 0 Å². The van der Waals surface area contributed by atoms with Crippen LogP contribution in [0, 0.1) is 0 Å². The van der Waals surface area contributed by atoms with Crippen LogP contribution in [-0.4, -0.2) is 34.6 Å². The monoisotopic (exact) mass is 414 g/mol. The lowest BCUT2D eigenvalue weighted by molar-refractivity contribution is 0.0846. The van der Waals surface area contributed by atoms with Gasteiger partial charge in [-0.05, 0) is 54.6 Å². The van der Waals surface area contributed by atoms with Gasteiger partial charge in [0, 0.05) is 16.8 Å². The lowest BCUT2D eigenvalue weighted by atomic mass is 10.2. The van der Waals surface area contributed by atoms with Crippen LogP contribution in [0.4, 0.5) is 0 Å². The van der Waals surface area contributed by atoms with Gasteiger partial charge in [0.1, 0.15) is 19.5 Å². The summed E-state index contributed by atoms with van der Waals surface area (Å²) < 4.78 is 12.9. The average molecular weight is 414 g/mol. The van der Waals surface area contributed by atoms with Gasteiger partial charge < -0.3 is 9.47 Å². The normalized spacial score (nSPS) is 12.4. The van der Waals surface area contributed by atoms with E-state index in [1.54, 1.807) is 36.7 Å². The van der Waals surface area contributed by atoms with Gasteiger partial charge >= 0.3 is 0 Å². The molecule has 0 unspecified atom stereocenters. The third kappa shape index (κ3) is 3.66. The Bertz CT molecular complexity index is 1280. The fourth-order valence-electron chi connectivity index (χ4n) is 3.38. The predicted molar refractivity (Wildman–Crippen MR) is 113 cm³/mol. The number of para-hydroxylation sites is 2. The van der Waals surface area contributed by atoms with Crippen molar-refractivity contribution < 1.29 is 19.1 Å². The minimum atomic E-state index is -0.452. The van der Waals surface area contributed by atoms with E-state index in [2.05, 4.69) is 15.8 Å². The van der Waals surface area contributed by atoms with Crippen molar-refractivity contribution in [2.45, 2.75) is 0 Å². The van der Waals surface area contributed by atoms with Gasteiger partial charge in [-0.3, -0.25) is 25.0 Å². The van der Waals surface area contributed by atoms with Crippen LogP contribution in [0.3, 0.4) is 0 Å². The van der Waals surface area contributed by atoms with Crippen LogP contribution in [-0.2, 0) is 0 Å². The number of benzene rings is 3. The minimum absolute atomic E-state index is 0.354. The number of amides is 2. The number of nitrogens with zero attached hydrogens (tertiary/aromatic N) is 2. The zero-order valence-electron chi connectivity index (χ0n) is 16.4. The third-order valence-electron chi connectivity index (χ3n) is 4.96. The molecule has 2 amide bonds. The summed E-state index contributed by atoms with van der Waals surface area (Å²) in [5.74, 6) is 0.227. The second-order valence-corrected chi connectivity index (χ2v) is 6.92. The van der Waals surface area contributed by atoms with Crippen LogP contribution < -0.4 is 20.3 Å². The number of carbonyl (C=O) groups excluding carboxylic acids is 2. The number of hydrogen-bond donors (Lipinski definition) is 2. The highest BCUT2D eigenvalue weighted by Gasteiger charge is 2.16. The highest BCUT2D eigenvalue weighted by molar-refractivity contribution is 5.99. The second kappa shape index (κ2) is 7.83. The Balaban J connectivity index is 1.25. The van der Waals surface area contributed by atoms with Crippen molar-refractivity contribution in [1.29, 1.82) is 0 Å². The van der Waals surface area contributed by atoms with Gasteiger partial charge in [0.2, 0.25) is 0 Å². The van der Waals surface area contributed by atoms with E-state index in [1.807, 2.05) is 41.0 Å². The van der Waals surface area contributed by atoms with E-state index in [0.717, 1.165) is 16.7 Å². The maximum Gasteiger partial charge on any atom is 0.269 e. The fraction of sp³-hybridized carbons (Fsp3) is 0.0870. The molecule has 0 saturated heterocycles. The molecular formula is C23H18N4O4. The van der Waals surface area contributed by atoms with E-state index in [9.17, 15) is 9.59 Å². The number of nitrogens with one attached hydrogen (secondary N) is 2. The summed E-state index contributed by atoms with van der Waals surface area (Å²) >= 11 is 0. The van der Waals surface area contributed by atoms with Crippen LogP contribution in [0.1, 0.15) is 20.7 Å². The first kappa shape index (κ1) is 18.7. The third-order valence-corrected chi connectivity index (χ3v) is 4.96. The van der Waals surface area contributed by atoms with Gasteiger partial charge in [-0.1, -0.05) is 12.1 Å². The molecule has 2 N–H and O–H groups in total. The summed E-state index contributed by atoms with van der Waals surface area (Å²) in [4.78, 5) is 29.2. The van der Waals surface area contributed by atoms with Crippen molar-refractivity contribution >= 4 is 22.8 Å². The molecule has 5 rings (SSSR count). The molecular weight excluding hydrogens is 396 g/mol.